The van der Waals surface area contributed by atoms with Crippen molar-refractivity contribution in [3.8, 4) is 0 Å². The molecule has 0 heterocycles. The Labute approximate surface area is 260 Å². The molecule has 2 N–H and O–H groups in total. The molecule has 4 bridgehead atoms. The molecule has 268 valence electrons. The molecule has 0 amide bonds. The van der Waals surface area contributed by atoms with E-state index in [-0.39, 0.29) is 43.6 Å². The molecular formula is C29H32F12O6. The molecule has 0 spiro atoms. The molecule has 0 aromatic heterocycles. The molecule has 0 aromatic rings. The molecule has 0 saturated heterocycles. The molecule has 6 nitrogen and oxygen atoms in total. The Hall–Kier alpha value is -2.50. The maximum absolute atomic E-state index is 13.6. The van der Waals surface area contributed by atoms with Crippen LogP contribution < -0.4 is 0 Å². The molecule has 0 radical (unpaired) electrons. The molecule has 7 unspecified atom stereocenters. The largest absolute Gasteiger partial charge is 0.455 e. The summed E-state index contributed by atoms with van der Waals surface area (Å²) in [5.41, 5.74) is -15.5. The maximum Gasteiger partial charge on any atom is 0.426 e. The standard InChI is InChI=1S/C29H32F12O6/c1-14(2)21(43)47-23(13-25(45,28(36,37)38)29(39,40)41)11-17-9-19(23)8-16(17)4-6-20(42)46-22(10-15-3-5-18(22)7-15)12-24(44,26(30,31)32)27(33,34)35/h4,6,15-19,44-45H,1,3,5,7-13H2,2H3/b6-4-. The van der Waals surface area contributed by atoms with E-state index in [2.05, 4.69) is 6.58 Å². The zero-order valence-electron chi connectivity index (χ0n) is 24.7. The van der Waals surface area contributed by atoms with Gasteiger partial charge >= 0.3 is 36.6 Å². The normalized spacial score (nSPS) is 33.1. The van der Waals surface area contributed by atoms with E-state index in [4.69, 9.17) is 9.47 Å². The number of fused-ring (bicyclic) bond motifs is 4. The average molecular weight is 705 g/mol. The monoisotopic (exact) mass is 704 g/mol. The van der Waals surface area contributed by atoms with Crippen molar-refractivity contribution in [2.24, 2.45) is 29.6 Å². The van der Waals surface area contributed by atoms with Crippen LogP contribution in [-0.4, -0.2) is 69.3 Å². The maximum atomic E-state index is 13.6. The van der Waals surface area contributed by atoms with E-state index < -0.39 is 102 Å². The van der Waals surface area contributed by atoms with Crippen molar-refractivity contribution >= 4 is 11.9 Å². The molecular weight excluding hydrogens is 672 g/mol. The number of allylic oxidation sites excluding steroid dienone is 1. The lowest BCUT2D eigenvalue weighted by molar-refractivity contribution is -0.380. The number of rotatable bonds is 9. The highest BCUT2D eigenvalue weighted by molar-refractivity contribution is 5.87. The summed E-state index contributed by atoms with van der Waals surface area (Å²) < 4.78 is 173. The van der Waals surface area contributed by atoms with E-state index in [0.717, 1.165) is 13.0 Å². The zero-order valence-corrected chi connectivity index (χ0v) is 24.7. The van der Waals surface area contributed by atoms with Gasteiger partial charge in [0.2, 0.25) is 0 Å². The topological polar surface area (TPSA) is 93.1 Å². The van der Waals surface area contributed by atoms with Crippen LogP contribution in [0.2, 0.25) is 0 Å². The number of halogens is 12. The van der Waals surface area contributed by atoms with E-state index in [0.29, 0.717) is 12.5 Å². The van der Waals surface area contributed by atoms with Gasteiger partial charge in [0.05, 0.1) is 0 Å². The van der Waals surface area contributed by atoms with E-state index in [1.54, 1.807) is 0 Å². The molecule has 4 aliphatic carbocycles. The number of esters is 2. The minimum absolute atomic E-state index is 0.1000. The van der Waals surface area contributed by atoms with Crippen molar-refractivity contribution < 1.29 is 82.0 Å². The van der Waals surface area contributed by atoms with E-state index in [1.807, 2.05) is 0 Å². The summed E-state index contributed by atoms with van der Waals surface area (Å²) in [6, 6.07) is 0. The Bertz CT molecular complexity index is 1260. The van der Waals surface area contributed by atoms with E-state index in [9.17, 15) is 72.5 Å². The van der Waals surface area contributed by atoms with Crippen molar-refractivity contribution in [1.82, 2.24) is 0 Å². The number of hydrogen-bond acceptors (Lipinski definition) is 6. The second-order valence-corrected chi connectivity index (χ2v) is 13.5. The van der Waals surface area contributed by atoms with E-state index in [1.165, 1.54) is 0 Å². The number of carbonyl (C=O) groups is 2. The molecule has 4 rings (SSSR count). The Balaban J connectivity index is 1.55. The lowest BCUT2D eigenvalue weighted by atomic mass is 9.72. The van der Waals surface area contributed by atoms with Gasteiger partial charge in [0, 0.05) is 24.5 Å². The lowest BCUT2D eigenvalue weighted by Crippen LogP contribution is -2.62. The summed E-state index contributed by atoms with van der Waals surface area (Å²) in [5.74, 6) is -6.65. The third-order valence-corrected chi connectivity index (χ3v) is 10.4. The SMILES string of the molecule is C=C(C)C(=O)OC1(CC(O)(C(F)(F)F)C(F)(F)F)CC2CC1CC2/C=C\C(=O)OC1(CC(O)(C(F)(F)F)C(F)(F)F)CC2CCC1C2. The number of carbonyl (C=O) groups excluding carboxylic acids is 2. The van der Waals surface area contributed by atoms with Crippen LogP contribution in [0.25, 0.3) is 0 Å². The molecule has 47 heavy (non-hydrogen) atoms. The van der Waals surface area contributed by atoms with Crippen molar-refractivity contribution in [3.05, 3.63) is 24.3 Å². The smallest absolute Gasteiger partial charge is 0.426 e. The van der Waals surface area contributed by atoms with Gasteiger partial charge in [-0.25, -0.2) is 9.59 Å². The third-order valence-electron chi connectivity index (χ3n) is 10.4. The van der Waals surface area contributed by atoms with Gasteiger partial charge in [0.1, 0.15) is 11.2 Å². The van der Waals surface area contributed by atoms with Crippen molar-refractivity contribution in [2.45, 2.75) is 112 Å². The highest BCUT2D eigenvalue weighted by Crippen LogP contribution is 2.62. The number of hydrogen-bond donors (Lipinski definition) is 2. The van der Waals surface area contributed by atoms with Crippen molar-refractivity contribution in [1.29, 1.82) is 0 Å². The highest BCUT2D eigenvalue weighted by Gasteiger charge is 2.76. The summed E-state index contributed by atoms with van der Waals surface area (Å²) in [4.78, 5) is 25.2. The average Bonchev–Trinajstić information content (AvgIpc) is 3.65. The van der Waals surface area contributed by atoms with Crippen LogP contribution in [0.1, 0.15) is 64.7 Å². The third kappa shape index (κ3) is 6.48. The number of ether oxygens (including phenoxy) is 2. The van der Waals surface area contributed by atoms with Gasteiger partial charge < -0.3 is 19.7 Å². The summed E-state index contributed by atoms with van der Waals surface area (Å²) in [6.45, 7) is 4.38. The van der Waals surface area contributed by atoms with Crippen LogP contribution in [0.3, 0.4) is 0 Å². The summed E-state index contributed by atoms with van der Waals surface area (Å²) in [7, 11) is 0. The van der Waals surface area contributed by atoms with Crippen LogP contribution in [-0.2, 0) is 19.1 Å². The second-order valence-electron chi connectivity index (χ2n) is 13.5. The fraction of sp³-hybridized carbons (Fsp3) is 0.793. The van der Waals surface area contributed by atoms with Gasteiger partial charge in [-0.05, 0) is 81.5 Å². The predicted octanol–water partition coefficient (Wildman–Crippen LogP) is 7.04. The molecule has 7 atom stereocenters. The van der Waals surface area contributed by atoms with Crippen molar-refractivity contribution in [2.75, 3.05) is 0 Å². The first kappa shape index (κ1) is 37.3. The second kappa shape index (κ2) is 11.5. The summed E-state index contributed by atoms with van der Waals surface area (Å²) in [5, 5.41) is 19.8. The van der Waals surface area contributed by atoms with Gasteiger partial charge in [-0.3, -0.25) is 0 Å². The Morgan fingerprint density at radius 3 is 1.60 bits per heavy atom. The fourth-order valence-electron chi connectivity index (χ4n) is 8.11. The Morgan fingerprint density at radius 2 is 1.23 bits per heavy atom. The Morgan fingerprint density at radius 1 is 0.745 bits per heavy atom. The first-order valence-corrected chi connectivity index (χ1v) is 14.6. The summed E-state index contributed by atoms with van der Waals surface area (Å²) in [6.07, 6.45) is -27.5. The minimum atomic E-state index is -6.21. The van der Waals surface area contributed by atoms with Gasteiger partial charge in [0.15, 0.2) is 0 Å². The number of alkyl halides is 12. The highest BCUT2D eigenvalue weighted by atomic mass is 19.4. The summed E-state index contributed by atoms with van der Waals surface area (Å²) >= 11 is 0. The van der Waals surface area contributed by atoms with Gasteiger partial charge in [-0.2, -0.15) is 52.7 Å². The first-order chi connectivity index (χ1) is 21.1. The van der Waals surface area contributed by atoms with Crippen LogP contribution in [0.15, 0.2) is 24.3 Å². The lowest BCUT2D eigenvalue weighted by Gasteiger charge is -2.44. The van der Waals surface area contributed by atoms with Crippen molar-refractivity contribution in [3.63, 3.8) is 0 Å². The van der Waals surface area contributed by atoms with Crippen LogP contribution in [0.4, 0.5) is 52.7 Å². The molecule has 4 aliphatic rings. The number of aliphatic hydroxyl groups is 2. The van der Waals surface area contributed by atoms with Crippen LogP contribution in [0.5, 0.6) is 0 Å². The van der Waals surface area contributed by atoms with Crippen LogP contribution in [0, 0.1) is 29.6 Å². The van der Waals surface area contributed by atoms with E-state index >= 15 is 0 Å². The zero-order chi connectivity index (χ0) is 35.8. The van der Waals surface area contributed by atoms with Crippen LogP contribution >= 0.6 is 0 Å². The molecule has 18 heteroatoms. The molecule has 4 fully saturated rings. The molecule has 0 aromatic carbocycles. The minimum Gasteiger partial charge on any atom is -0.455 e. The predicted molar refractivity (Wildman–Crippen MR) is 135 cm³/mol. The van der Waals surface area contributed by atoms with Gasteiger partial charge in [-0.15, -0.1) is 0 Å². The quantitative estimate of drug-likeness (QED) is 0.152. The molecule has 0 aliphatic heterocycles. The molecule has 4 saturated carbocycles. The Kier molecular flexibility index (Phi) is 9.17. The van der Waals surface area contributed by atoms with Gasteiger partial charge in [0.25, 0.3) is 11.2 Å². The fourth-order valence-corrected chi connectivity index (χ4v) is 8.11. The van der Waals surface area contributed by atoms with Gasteiger partial charge in [-0.1, -0.05) is 12.7 Å². The first-order valence-electron chi connectivity index (χ1n) is 14.6.